The van der Waals surface area contributed by atoms with Crippen molar-refractivity contribution in [3.8, 4) is 11.3 Å². The molecule has 3 atom stereocenters. The molecular weight excluding hydrogens is 438 g/mol. The van der Waals surface area contributed by atoms with Gasteiger partial charge >= 0.3 is 5.97 Å². The van der Waals surface area contributed by atoms with E-state index in [9.17, 15) is 9.90 Å². The fraction of sp³-hybridized carbons (Fsp3) is 0.320. The molecule has 0 saturated carbocycles. The SMILES string of the molecule is Cc1cc(C(=O)O)ccc1-c1ccc([C@@H]2[C@@H](c3ccccn3)NC(=S)N2C[C@@H]2CCCO2)o1. The summed E-state index contributed by atoms with van der Waals surface area (Å²) in [5.74, 6) is 0.514. The second-order valence-electron chi connectivity index (χ2n) is 8.45. The van der Waals surface area contributed by atoms with Gasteiger partial charge in [-0.25, -0.2) is 4.79 Å². The van der Waals surface area contributed by atoms with Crippen LogP contribution in [0.4, 0.5) is 0 Å². The van der Waals surface area contributed by atoms with Crippen LogP contribution in [0.3, 0.4) is 0 Å². The molecule has 8 heteroatoms. The van der Waals surface area contributed by atoms with Crippen molar-refractivity contribution in [3.63, 3.8) is 0 Å². The lowest BCUT2D eigenvalue weighted by molar-refractivity contribution is 0.0696. The third kappa shape index (κ3) is 4.24. The molecule has 33 heavy (non-hydrogen) atoms. The Morgan fingerprint density at radius 3 is 2.85 bits per heavy atom. The van der Waals surface area contributed by atoms with Crippen LogP contribution < -0.4 is 5.32 Å². The monoisotopic (exact) mass is 463 g/mol. The number of carboxylic acid groups (broad SMARTS) is 1. The fourth-order valence-electron chi connectivity index (χ4n) is 4.65. The van der Waals surface area contributed by atoms with E-state index in [2.05, 4.69) is 15.2 Å². The summed E-state index contributed by atoms with van der Waals surface area (Å²) in [5, 5.41) is 13.4. The van der Waals surface area contributed by atoms with Gasteiger partial charge in [0.05, 0.1) is 23.4 Å². The Balaban J connectivity index is 1.50. The van der Waals surface area contributed by atoms with Crippen LogP contribution >= 0.6 is 12.2 Å². The molecule has 7 nitrogen and oxygen atoms in total. The molecule has 4 heterocycles. The van der Waals surface area contributed by atoms with Crippen molar-refractivity contribution >= 4 is 23.3 Å². The predicted octanol–water partition coefficient (Wildman–Crippen LogP) is 4.50. The third-order valence-corrected chi connectivity index (χ3v) is 6.63. The predicted molar refractivity (Wildman–Crippen MR) is 127 cm³/mol. The Labute approximate surface area is 197 Å². The Morgan fingerprint density at radius 2 is 2.15 bits per heavy atom. The summed E-state index contributed by atoms with van der Waals surface area (Å²) in [6, 6.07) is 14.5. The van der Waals surface area contributed by atoms with Gasteiger partial charge < -0.3 is 24.5 Å². The quantitative estimate of drug-likeness (QED) is 0.517. The highest BCUT2D eigenvalue weighted by Crippen LogP contribution is 2.41. The molecule has 3 aromatic rings. The molecule has 2 aliphatic heterocycles. The molecule has 0 bridgehead atoms. The highest BCUT2D eigenvalue weighted by molar-refractivity contribution is 7.80. The van der Waals surface area contributed by atoms with E-state index in [0.29, 0.717) is 17.4 Å². The maximum Gasteiger partial charge on any atom is 0.335 e. The number of nitrogens with zero attached hydrogens (tertiary/aromatic N) is 2. The zero-order valence-corrected chi connectivity index (χ0v) is 19.0. The number of furan rings is 1. The number of hydrogen-bond donors (Lipinski definition) is 2. The molecule has 2 saturated heterocycles. The minimum absolute atomic E-state index is 0.134. The van der Waals surface area contributed by atoms with E-state index in [0.717, 1.165) is 42.0 Å². The molecule has 0 radical (unpaired) electrons. The van der Waals surface area contributed by atoms with Crippen LogP contribution in [0.5, 0.6) is 0 Å². The van der Waals surface area contributed by atoms with Gasteiger partial charge in [-0.05, 0) is 73.9 Å². The van der Waals surface area contributed by atoms with Crippen molar-refractivity contribution in [1.82, 2.24) is 15.2 Å². The molecule has 0 unspecified atom stereocenters. The van der Waals surface area contributed by atoms with Crippen LogP contribution in [0.1, 0.15) is 52.3 Å². The van der Waals surface area contributed by atoms with Crippen molar-refractivity contribution in [3.05, 3.63) is 77.3 Å². The lowest BCUT2D eigenvalue weighted by atomic mass is 10.0. The first-order chi connectivity index (χ1) is 16.0. The van der Waals surface area contributed by atoms with Crippen LogP contribution in [0.25, 0.3) is 11.3 Å². The summed E-state index contributed by atoms with van der Waals surface area (Å²) in [6.07, 6.45) is 3.98. The van der Waals surface area contributed by atoms with E-state index in [1.165, 1.54) is 0 Å². The number of aryl methyl sites for hydroxylation is 1. The second kappa shape index (κ2) is 8.96. The zero-order chi connectivity index (χ0) is 22.9. The number of aromatic nitrogens is 1. The molecule has 0 aliphatic carbocycles. The molecule has 0 amide bonds. The highest BCUT2D eigenvalue weighted by Gasteiger charge is 2.42. The number of carboxylic acids is 1. The minimum atomic E-state index is -0.946. The average Bonchev–Trinajstić information content (AvgIpc) is 3.56. The molecular formula is C25H25N3O4S. The number of thiocarbonyl (C=S) groups is 1. The van der Waals surface area contributed by atoms with E-state index in [-0.39, 0.29) is 23.8 Å². The van der Waals surface area contributed by atoms with E-state index in [1.807, 2.05) is 37.3 Å². The van der Waals surface area contributed by atoms with Crippen LogP contribution in [-0.4, -0.2) is 45.3 Å². The van der Waals surface area contributed by atoms with Gasteiger partial charge in [0.15, 0.2) is 5.11 Å². The number of pyridine rings is 1. The van der Waals surface area contributed by atoms with Gasteiger partial charge in [0.25, 0.3) is 0 Å². The number of hydrogen-bond acceptors (Lipinski definition) is 5. The molecule has 1 aromatic carbocycles. The summed E-state index contributed by atoms with van der Waals surface area (Å²) in [5.41, 5.74) is 2.85. The number of ether oxygens (including phenoxy) is 1. The summed E-state index contributed by atoms with van der Waals surface area (Å²) >= 11 is 5.72. The third-order valence-electron chi connectivity index (χ3n) is 6.28. The molecule has 0 spiro atoms. The smallest absolute Gasteiger partial charge is 0.335 e. The topological polar surface area (TPSA) is 87.8 Å². The van der Waals surface area contributed by atoms with Crippen molar-refractivity contribution in [1.29, 1.82) is 0 Å². The largest absolute Gasteiger partial charge is 0.478 e. The Bertz CT molecular complexity index is 1170. The van der Waals surface area contributed by atoms with Gasteiger partial charge in [-0.2, -0.15) is 0 Å². The lowest BCUT2D eigenvalue weighted by Crippen LogP contribution is -2.36. The summed E-state index contributed by atoms with van der Waals surface area (Å²) in [6.45, 7) is 3.35. The first-order valence-corrected chi connectivity index (χ1v) is 11.5. The van der Waals surface area contributed by atoms with Gasteiger partial charge in [0.1, 0.15) is 17.6 Å². The molecule has 2 N–H and O–H groups in total. The summed E-state index contributed by atoms with van der Waals surface area (Å²) in [7, 11) is 0. The maximum atomic E-state index is 11.3. The fourth-order valence-corrected chi connectivity index (χ4v) is 4.96. The molecule has 170 valence electrons. The van der Waals surface area contributed by atoms with Gasteiger partial charge in [0.2, 0.25) is 0 Å². The normalized spacial score (nSPS) is 22.5. The standard InChI is InChI=1S/C25H25N3O4S/c1-15-13-16(24(29)30)7-8-18(15)20-9-10-21(32-20)23-22(19-6-2-3-11-26-19)27-25(33)28(23)14-17-5-4-12-31-17/h2-3,6-11,13,17,22-23H,4-5,12,14H2,1H3,(H,27,33)(H,29,30)/t17-,22+,23+/m0/s1. The van der Waals surface area contributed by atoms with Crippen LogP contribution in [0, 0.1) is 6.92 Å². The van der Waals surface area contributed by atoms with E-state index < -0.39 is 5.97 Å². The van der Waals surface area contributed by atoms with Gasteiger partial charge in [0, 0.05) is 24.9 Å². The number of carbonyl (C=O) groups is 1. The molecule has 5 rings (SSSR count). The van der Waals surface area contributed by atoms with Gasteiger partial charge in [-0.15, -0.1) is 0 Å². The minimum Gasteiger partial charge on any atom is -0.478 e. The van der Waals surface area contributed by atoms with Crippen LogP contribution in [0.15, 0.2) is 59.1 Å². The zero-order valence-electron chi connectivity index (χ0n) is 18.2. The number of rotatable bonds is 6. The van der Waals surface area contributed by atoms with Crippen LogP contribution in [-0.2, 0) is 4.74 Å². The van der Waals surface area contributed by atoms with Crippen molar-refractivity contribution in [2.75, 3.05) is 13.2 Å². The number of nitrogens with one attached hydrogen (secondary N) is 1. The van der Waals surface area contributed by atoms with Crippen molar-refractivity contribution < 1.29 is 19.1 Å². The van der Waals surface area contributed by atoms with Crippen molar-refractivity contribution in [2.45, 2.75) is 38.0 Å². The maximum absolute atomic E-state index is 11.3. The first-order valence-electron chi connectivity index (χ1n) is 11.0. The summed E-state index contributed by atoms with van der Waals surface area (Å²) < 4.78 is 12.3. The van der Waals surface area contributed by atoms with Crippen LogP contribution in [0.2, 0.25) is 0 Å². The Hall–Kier alpha value is -3.23. The van der Waals surface area contributed by atoms with E-state index >= 15 is 0 Å². The van der Waals surface area contributed by atoms with Crippen molar-refractivity contribution in [2.24, 2.45) is 0 Å². The number of aromatic carboxylic acids is 1. The lowest BCUT2D eigenvalue weighted by Gasteiger charge is -2.28. The molecule has 2 fully saturated rings. The van der Waals surface area contributed by atoms with E-state index in [1.54, 1.807) is 24.4 Å². The van der Waals surface area contributed by atoms with E-state index in [4.69, 9.17) is 21.4 Å². The Morgan fingerprint density at radius 1 is 1.27 bits per heavy atom. The molecule has 2 aliphatic rings. The van der Waals surface area contributed by atoms with Gasteiger partial charge in [-0.3, -0.25) is 4.98 Å². The number of benzene rings is 1. The summed E-state index contributed by atoms with van der Waals surface area (Å²) in [4.78, 5) is 18.0. The van der Waals surface area contributed by atoms with Gasteiger partial charge in [-0.1, -0.05) is 12.1 Å². The molecule has 2 aromatic heterocycles. The second-order valence-corrected chi connectivity index (χ2v) is 8.84. The average molecular weight is 464 g/mol. The first kappa shape index (κ1) is 21.6. The Kier molecular flexibility index (Phi) is 5.86. The highest BCUT2D eigenvalue weighted by atomic mass is 32.1.